The lowest BCUT2D eigenvalue weighted by Crippen LogP contribution is -2.32. The van der Waals surface area contributed by atoms with E-state index in [1.54, 1.807) is 12.1 Å². The summed E-state index contributed by atoms with van der Waals surface area (Å²) in [4.78, 5) is 22.3. The summed E-state index contributed by atoms with van der Waals surface area (Å²) >= 11 is 7.00. The van der Waals surface area contributed by atoms with Crippen molar-refractivity contribution in [1.29, 1.82) is 0 Å². The molecule has 0 aliphatic carbocycles. The Morgan fingerprint density at radius 1 is 1.32 bits per heavy atom. The minimum atomic E-state index is -0.847. The minimum Gasteiger partial charge on any atom is -0.386 e. The number of hydrogen-bond donors (Lipinski definition) is 3. The highest BCUT2D eigenvalue weighted by molar-refractivity contribution is 7.16. The van der Waals surface area contributed by atoms with Crippen LogP contribution in [0.2, 0.25) is 4.34 Å². The van der Waals surface area contributed by atoms with Gasteiger partial charge in [-0.25, -0.2) is 4.79 Å². The number of benzene rings is 1. The van der Waals surface area contributed by atoms with E-state index in [0.717, 1.165) is 0 Å². The molecular weight excluding hydrogens is 330 g/mol. The molecule has 0 spiro atoms. The van der Waals surface area contributed by atoms with Crippen molar-refractivity contribution in [3.05, 3.63) is 55.7 Å². The maximum atomic E-state index is 11.7. The molecule has 0 fully saturated rings. The van der Waals surface area contributed by atoms with Crippen LogP contribution >= 0.6 is 22.9 Å². The van der Waals surface area contributed by atoms with Gasteiger partial charge in [-0.3, -0.25) is 10.1 Å². The van der Waals surface area contributed by atoms with E-state index in [1.165, 1.54) is 35.6 Å². The van der Waals surface area contributed by atoms with E-state index < -0.39 is 17.1 Å². The number of anilines is 1. The van der Waals surface area contributed by atoms with E-state index in [-0.39, 0.29) is 12.2 Å². The molecule has 0 bridgehead atoms. The maximum Gasteiger partial charge on any atom is 0.319 e. The van der Waals surface area contributed by atoms with Gasteiger partial charge in [0.2, 0.25) is 0 Å². The minimum absolute atomic E-state index is 0.0235. The van der Waals surface area contributed by atoms with Crippen LogP contribution in [-0.4, -0.2) is 22.6 Å². The average molecular weight is 342 g/mol. The molecule has 22 heavy (non-hydrogen) atoms. The predicted octanol–water partition coefficient (Wildman–Crippen LogP) is 3.16. The molecule has 1 aromatic carbocycles. The molecule has 2 aromatic rings. The number of urea groups is 1. The number of halogens is 1. The van der Waals surface area contributed by atoms with Crippen LogP contribution in [0, 0.1) is 10.1 Å². The fourth-order valence-corrected chi connectivity index (χ4v) is 2.69. The normalized spacial score (nSPS) is 11.7. The second-order valence-corrected chi connectivity index (χ2v) is 6.04. The highest BCUT2D eigenvalue weighted by atomic mass is 35.5. The fraction of sp³-hybridized carbons (Fsp3) is 0.154. The third kappa shape index (κ3) is 4.42. The zero-order valence-electron chi connectivity index (χ0n) is 11.2. The SMILES string of the molecule is O=C(NCC(O)c1ccc(Cl)s1)Nc1ccc([N+](=O)[O-])cc1. The van der Waals surface area contributed by atoms with Crippen LogP contribution in [0.15, 0.2) is 36.4 Å². The summed E-state index contributed by atoms with van der Waals surface area (Å²) in [6.45, 7) is 0.0235. The zero-order chi connectivity index (χ0) is 16.1. The zero-order valence-corrected chi connectivity index (χ0v) is 12.7. The molecular formula is C13H12ClN3O4S. The van der Waals surface area contributed by atoms with Gasteiger partial charge in [-0.05, 0) is 24.3 Å². The number of rotatable bonds is 5. The second-order valence-electron chi connectivity index (χ2n) is 4.30. The van der Waals surface area contributed by atoms with Crippen molar-refractivity contribution >= 4 is 40.3 Å². The Morgan fingerprint density at radius 3 is 2.55 bits per heavy atom. The van der Waals surface area contributed by atoms with Gasteiger partial charge in [-0.2, -0.15) is 0 Å². The maximum absolute atomic E-state index is 11.7. The molecule has 9 heteroatoms. The lowest BCUT2D eigenvalue weighted by Gasteiger charge is -2.11. The number of hydrogen-bond acceptors (Lipinski definition) is 5. The standard InChI is InChI=1S/C13H12ClN3O4S/c14-12-6-5-11(22-12)10(18)7-15-13(19)16-8-1-3-9(4-2-8)17(20)21/h1-6,10,18H,7H2,(H2,15,16,19). The summed E-state index contributed by atoms with van der Waals surface area (Å²) in [7, 11) is 0. The van der Waals surface area contributed by atoms with Crippen molar-refractivity contribution in [1.82, 2.24) is 5.32 Å². The average Bonchev–Trinajstić information content (AvgIpc) is 2.92. The quantitative estimate of drug-likeness (QED) is 0.573. The molecule has 1 aromatic heterocycles. The Bertz CT molecular complexity index is 674. The van der Waals surface area contributed by atoms with Gasteiger partial charge in [0.25, 0.3) is 5.69 Å². The third-order valence-corrected chi connectivity index (χ3v) is 4.05. The lowest BCUT2D eigenvalue weighted by atomic mass is 10.3. The van der Waals surface area contributed by atoms with Crippen LogP contribution in [0.1, 0.15) is 11.0 Å². The summed E-state index contributed by atoms with van der Waals surface area (Å²) in [5.74, 6) is 0. The first-order valence-corrected chi connectivity index (χ1v) is 7.38. The van der Waals surface area contributed by atoms with Crippen molar-refractivity contribution in [2.75, 3.05) is 11.9 Å². The number of nitrogens with zero attached hydrogens (tertiary/aromatic N) is 1. The van der Waals surface area contributed by atoms with Crippen LogP contribution in [0.3, 0.4) is 0 Å². The van der Waals surface area contributed by atoms with E-state index >= 15 is 0 Å². The number of aliphatic hydroxyl groups excluding tert-OH is 1. The number of non-ortho nitro benzene ring substituents is 1. The number of carbonyl (C=O) groups excluding carboxylic acids is 1. The molecule has 1 unspecified atom stereocenters. The van der Waals surface area contributed by atoms with Gasteiger partial charge in [0.1, 0.15) is 6.10 Å². The van der Waals surface area contributed by atoms with Gasteiger partial charge in [0, 0.05) is 22.7 Å². The van der Waals surface area contributed by atoms with Gasteiger partial charge < -0.3 is 15.7 Å². The number of aliphatic hydroxyl groups is 1. The molecule has 0 aliphatic rings. The van der Waals surface area contributed by atoms with Crippen LogP contribution in [0.25, 0.3) is 0 Å². The van der Waals surface area contributed by atoms with Crippen molar-refractivity contribution in [3.63, 3.8) is 0 Å². The van der Waals surface area contributed by atoms with Gasteiger partial charge in [0.05, 0.1) is 15.8 Å². The molecule has 1 atom stereocenters. The summed E-state index contributed by atoms with van der Waals surface area (Å²) in [5, 5.41) is 25.4. The number of nitrogens with one attached hydrogen (secondary N) is 2. The van der Waals surface area contributed by atoms with Crippen LogP contribution in [-0.2, 0) is 0 Å². The van der Waals surface area contributed by atoms with E-state index in [0.29, 0.717) is 14.9 Å². The Balaban J connectivity index is 1.83. The number of carbonyl (C=O) groups is 1. The highest BCUT2D eigenvalue weighted by Crippen LogP contribution is 2.26. The number of nitro benzene ring substituents is 1. The lowest BCUT2D eigenvalue weighted by molar-refractivity contribution is -0.384. The van der Waals surface area contributed by atoms with Crippen molar-refractivity contribution in [2.45, 2.75) is 6.10 Å². The topological polar surface area (TPSA) is 104 Å². The summed E-state index contributed by atoms with van der Waals surface area (Å²) in [5.41, 5.74) is 0.354. The van der Waals surface area contributed by atoms with E-state index in [4.69, 9.17) is 11.6 Å². The molecule has 2 amide bonds. The van der Waals surface area contributed by atoms with E-state index in [9.17, 15) is 20.0 Å². The Kier molecular flexibility index (Phi) is 5.31. The molecule has 0 aliphatic heterocycles. The summed E-state index contributed by atoms with van der Waals surface area (Å²) in [6.07, 6.45) is -0.847. The largest absolute Gasteiger partial charge is 0.386 e. The first-order chi connectivity index (χ1) is 10.5. The first-order valence-electron chi connectivity index (χ1n) is 6.18. The molecule has 3 N–H and O–H groups in total. The Morgan fingerprint density at radius 2 is 2.00 bits per heavy atom. The molecule has 7 nitrogen and oxygen atoms in total. The molecule has 0 saturated heterocycles. The number of amides is 2. The van der Waals surface area contributed by atoms with Gasteiger partial charge in [0.15, 0.2) is 0 Å². The van der Waals surface area contributed by atoms with Gasteiger partial charge in [-0.15, -0.1) is 11.3 Å². The highest BCUT2D eigenvalue weighted by Gasteiger charge is 2.12. The molecule has 0 radical (unpaired) electrons. The van der Waals surface area contributed by atoms with E-state index in [2.05, 4.69) is 10.6 Å². The van der Waals surface area contributed by atoms with Crippen molar-refractivity contribution in [2.24, 2.45) is 0 Å². The van der Waals surface area contributed by atoms with Crippen LogP contribution < -0.4 is 10.6 Å². The smallest absolute Gasteiger partial charge is 0.319 e. The van der Waals surface area contributed by atoms with Crippen molar-refractivity contribution in [3.8, 4) is 0 Å². The molecule has 0 saturated carbocycles. The van der Waals surface area contributed by atoms with E-state index in [1.807, 2.05) is 0 Å². The van der Waals surface area contributed by atoms with Gasteiger partial charge >= 0.3 is 6.03 Å². The van der Waals surface area contributed by atoms with Crippen LogP contribution in [0.4, 0.5) is 16.2 Å². The van der Waals surface area contributed by atoms with Crippen LogP contribution in [0.5, 0.6) is 0 Å². The molecule has 2 rings (SSSR count). The monoisotopic (exact) mass is 341 g/mol. The summed E-state index contributed by atoms with van der Waals surface area (Å²) < 4.78 is 0.560. The second kappa shape index (κ2) is 7.21. The number of nitro groups is 1. The molecule has 116 valence electrons. The Labute approximate surface area is 134 Å². The Hall–Kier alpha value is -2.16. The fourth-order valence-electron chi connectivity index (χ4n) is 1.64. The van der Waals surface area contributed by atoms with Crippen molar-refractivity contribution < 1.29 is 14.8 Å². The number of thiophene rings is 1. The molecule has 1 heterocycles. The summed E-state index contributed by atoms with van der Waals surface area (Å²) in [6, 6.07) is 8.27. The predicted molar refractivity (Wildman–Crippen MR) is 84.4 cm³/mol. The first kappa shape index (κ1) is 16.2. The third-order valence-electron chi connectivity index (χ3n) is 2.71. The van der Waals surface area contributed by atoms with Gasteiger partial charge in [-0.1, -0.05) is 11.6 Å².